The lowest BCUT2D eigenvalue weighted by atomic mass is 9.98. The standard InChI is InChI=1S/C14H13N5O/c15-8-19-11-7-6-10(9-4-2-1-3-5-9)12(14(16)20)13(11)17-18-19/h1-7H,8,15H2,(H2,16,20). The lowest BCUT2D eigenvalue weighted by Gasteiger charge is -2.08. The first kappa shape index (κ1) is 12.3. The summed E-state index contributed by atoms with van der Waals surface area (Å²) in [5.41, 5.74) is 14.3. The molecular formula is C14H13N5O. The number of rotatable bonds is 3. The maximum absolute atomic E-state index is 11.8. The van der Waals surface area contributed by atoms with Gasteiger partial charge in [-0.2, -0.15) is 0 Å². The molecule has 6 heteroatoms. The molecule has 0 fully saturated rings. The van der Waals surface area contributed by atoms with Crippen molar-refractivity contribution in [1.29, 1.82) is 0 Å². The minimum absolute atomic E-state index is 0.194. The van der Waals surface area contributed by atoms with Crippen LogP contribution in [0.3, 0.4) is 0 Å². The van der Waals surface area contributed by atoms with Gasteiger partial charge in [0.05, 0.1) is 17.7 Å². The van der Waals surface area contributed by atoms with E-state index in [1.165, 1.54) is 4.68 Å². The Morgan fingerprint density at radius 2 is 1.90 bits per heavy atom. The van der Waals surface area contributed by atoms with Crippen LogP contribution in [0.25, 0.3) is 22.2 Å². The summed E-state index contributed by atoms with van der Waals surface area (Å²) >= 11 is 0. The highest BCUT2D eigenvalue weighted by Gasteiger charge is 2.18. The largest absolute Gasteiger partial charge is 0.366 e. The Kier molecular flexibility index (Phi) is 2.92. The Morgan fingerprint density at radius 1 is 1.15 bits per heavy atom. The minimum atomic E-state index is -0.529. The fourth-order valence-electron chi connectivity index (χ4n) is 2.28. The second kappa shape index (κ2) is 4.75. The first-order valence-corrected chi connectivity index (χ1v) is 6.14. The van der Waals surface area contributed by atoms with Crippen LogP contribution in [0.4, 0.5) is 0 Å². The van der Waals surface area contributed by atoms with Crippen LogP contribution in [0, 0.1) is 0 Å². The van der Waals surface area contributed by atoms with E-state index in [2.05, 4.69) is 10.3 Å². The molecule has 0 aliphatic rings. The number of benzene rings is 2. The van der Waals surface area contributed by atoms with Gasteiger partial charge in [0.1, 0.15) is 5.52 Å². The van der Waals surface area contributed by atoms with Crippen molar-refractivity contribution in [1.82, 2.24) is 15.0 Å². The van der Waals surface area contributed by atoms with Gasteiger partial charge in [0.25, 0.3) is 5.91 Å². The molecule has 3 rings (SSSR count). The molecular weight excluding hydrogens is 254 g/mol. The molecule has 0 unspecified atom stereocenters. The van der Waals surface area contributed by atoms with Crippen LogP contribution < -0.4 is 11.5 Å². The Morgan fingerprint density at radius 3 is 2.55 bits per heavy atom. The smallest absolute Gasteiger partial charge is 0.251 e. The van der Waals surface area contributed by atoms with E-state index in [1.54, 1.807) is 0 Å². The number of hydrogen-bond acceptors (Lipinski definition) is 4. The number of nitrogens with zero attached hydrogens (tertiary/aromatic N) is 3. The molecule has 1 amide bonds. The third-order valence-electron chi connectivity index (χ3n) is 3.19. The van der Waals surface area contributed by atoms with E-state index in [9.17, 15) is 4.79 Å². The van der Waals surface area contributed by atoms with Crippen LogP contribution in [-0.4, -0.2) is 20.9 Å². The molecule has 3 aromatic rings. The summed E-state index contributed by atoms with van der Waals surface area (Å²) in [6.45, 7) is 0.194. The second-order valence-corrected chi connectivity index (χ2v) is 4.36. The van der Waals surface area contributed by atoms with Crippen LogP contribution in [-0.2, 0) is 6.67 Å². The van der Waals surface area contributed by atoms with Crippen molar-refractivity contribution in [2.24, 2.45) is 11.5 Å². The molecule has 20 heavy (non-hydrogen) atoms. The highest BCUT2D eigenvalue weighted by molar-refractivity contribution is 6.09. The van der Waals surface area contributed by atoms with E-state index in [4.69, 9.17) is 11.5 Å². The highest BCUT2D eigenvalue weighted by Crippen LogP contribution is 2.28. The molecule has 0 bridgehead atoms. The topological polar surface area (TPSA) is 99.8 Å². The number of fused-ring (bicyclic) bond motifs is 1. The number of aromatic nitrogens is 3. The number of amides is 1. The molecule has 6 nitrogen and oxygen atoms in total. The lowest BCUT2D eigenvalue weighted by molar-refractivity contribution is 0.100. The molecule has 0 saturated heterocycles. The monoisotopic (exact) mass is 267 g/mol. The summed E-state index contributed by atoms with van der Waals surface area (Å²) in [5.74, 6) is -0.529. The maximum atomic E-state index is 11.8. The van der Waals surface area contributed by atoms with Gasteiger partial charge in [-0.3, -0.25) is 4.79 Å². The summed E-state index contributed by atoms with van der Waals surface area (Å²) in [7, 11) is 0. The van der Waals surface area contributed by atoms with E-state index >= 15 is 0 Å². The average Bonchev–Trinajstić information content (AvgIpc) is 2.89. The third kappa shape index (κ3) is 1.83. The lowest BCUT2D eigenvalue weighted by Crippen LogP contribution is -2.13. The van der Waals surface area contributed by atoms with Gasteiger partial charge in [-0.25, -0.2) is 4.68 Å². The molecule has 1 aromatic heterocycles. The molecule has 0 aliphatic heterocycles. The van der Waals surface area contributed by atoms with Gasteiger partial charge in [-0.15, -0.1) is 5.10 Å². The Labute approximate surface area is 115 Å². The Hall–Kier alpha value is -2.73. The van der Waals surface area contributed by atoms with Gasteiger partial charge >= 0.3 is 0 Å². The number of carbonyl (C=O) groups is 1. The molecule has 4 N–H and O–H groups in total. The molecule has 2 aromatic carbocycles. The third-order valence-corrected chi connectivity index (χ3v) is 3.19. The number of hydrogen-bond donors (Lipinski definition) is 2. The van der Waals surface area contributed by atoms with Crippen LogP contribution in [0.2, 0.25) is 0 Å². The zero-order valence-electron chi connectivity index (χ0n) is 10.7. The summed E-state index contributed by atoms with van der Waals surface area (Å²) < 4.78 is 1.52. The molecule has 100 valence electrons. The van der Waals surface area contributed by atoms with Crippen molar-refractivity contribution in [3.63, 3.8) is 0 Å². The normalized spacial score (nSPS) is 10.8. The number of nitrogens with two attached hydrogens (primary N) is 2. The van der Waals surface area contributed by atoms with Crippen molar-refractivity contribution in [3.05, 3.63) is 48.0 Å². The fraction of sp³-hybridized carbons (Fsp3) is 0.0714. The summed E-state index contributed by atoms with van der Waals surface area (Å²) in [6, 6.07) is 13.2. The van der Waals surface area contributed by atoms with Crippen molar-refractivity contribution in [2.75, 3.05) is 0 Å². The number of primary amides is 1. The predicted octanol–water partition coefficient (Wildman–Crippen LogP) is 1.11. The van der Waals surface area contributed by atoms with E-state index < -0.39 is 5.91 Å². The highest BCUT2D eigenvalue weighted by atomic mass is 16.1. The second-order valence-electron chi connectivity index (χ2n) is 4.36. The molecule has 0 atom stereocenters. The zero-order valence-corrected chi connectivity index (χ0v) is 10.7. The zero-order chi connectivity index (χ0) is 14.1. The van der Waals surface area contributed by atoms with Crippen molar-refractivity contribution in [2.45, 2.75) is 6.67 Å². The molecule has 0 spiro atoms. The van der Waals surface area contributed by atoms with Gasteiger partial charge in [-0.05, 0) is 17.2 Å². The molecule has 0 aliphatic carbocycles. The predicted molar refractivity (Wildman–Crippen MR) is 75.7 cm³/mol. The van der Waals surface area contributed by atoms with Crippen molar-refractivity contribution in [3.8, 4) is 11.1 Å². The Bertz CT molecular complexity index is 779. The fourth-order valence-corrected chi connectivity index (χ4v) is 2.28. The van der Waals surface area contributed by atoms with E-state index in [0.717, 1.165) is 11.1 Å². The van der Waals surface area contributed by atoms with E-state index in [1.807, 2.05) is 42.5 Å². The average molecular weight is 267 g/mol. The van der Waals surface area contributed by atoms with Gasteiger partial charge in [0.2, 0.25) is 0 Å². The van der Waals surface area contributed by atoms with Crippen LogP contribution in [0.15, 0.2) is 42.5 Å². The molecule has 1 heterocycles. The van der Waals surface area contributed by atoms with Gasteiger partial charge in [0, 0.05) is 0 Å². The van der Waals surface area contributed by atoms with Gasteiger partial charge in [-0.1, -0.05) is 41.6 Å². The van der Waals surface area contributed by atoms with Gasteiger partial charge in [0.15, 0.2) is 0 Å². The Balaban J connectivity index is 2.34. The summed E-state index contributed by atoms with van der Waals surface area (Å²) in [5, 5.41) is 7.95. The summed E-state index contributed by atoms with van der Waals surface area (Å²) in [6.07, 6.45) is 0. The minimum Gasteiger partial charge on any atom is -0.366 e. The first-order valence-electron chi connectivity index (χ1n) is 6.14. The molecule has 0 saturated carbocycles. The van der Waals surface area contributed by atoms with Crippen LogP contribution >= 0.6 is 0 Å². The number of carbonyl (C=O) groups excluding carboxylic acids is 1. The van der Waals surface area contributed by atoms with E-state index in [0.29, 0.717) is 16.6 Å². The van der Waals surface area contributed by atoms with Crippen LogP contribution in [0.5, 0.6) is 0 Å². The maximum Gasteiger partial charge on any atom is 0.251 e. The SMILES string of the molecule is NCn1nnc2c(C(N)=O)c(-c3ccccc3)ccc21. The van der Waals surface area contributed by atoms with Gasteiger partial charge < -0.3 is 11.5 Å². The first-order chi connectivity index (χ1) is 9.72. The van der Waals surface area contributed by atoms with Crippen LogP contribution in [0.1, 0.15) is 10.4 Å². The quantitative estimate of drug-likeness (QED) is 0.742. The van der Waals surface area contributed by atoms with E-state index in [-0.39, 0.29) is 6.67 Å². The van der Waals surface area contributed by atoms with Crippen molar-refractivity contribution < 1.29 is 4.79 Å². The van der Waals surface area contributed by atoms with Crippen molar-refractivity contribution >= 4 is 16.9 Å². The molecule has 0 radical (unpaired) electrons. The summed E-state index contributed by atoms with van der Waals surface area (Å²) in [4.78, 5) is 11.8.